The molecular weight excluding hydrogens is 348 g/mol. The van der Waals surface area contributed by atoms with E-state index in [1.165, 1.54) is 5.03 Å². The van der Waals surface area contributed by atoms with Gasteiger partial charge in [0.2, 0.25) is 0 Å². The van der Waals surface area contributed by atoms with Gasteiger partial charge in [0.15, 0.2) is 4.99 Å². The molecule has 0 aromatic heterocycles. The molecule has 0 aromatic rings. The molecule has 22 heavy (non-hydrogen) atoms. The average molecular weight is 379 g/mol. The maximum Gasteiger partial charge on any atom is 0.173 e. The number of rotatable bonds is 7. The first-order valence-electron chi connectivity index (χ1n) is 7.95. The summed E-state index contributed by atoms with van der Waals surface area (Å²) in [6.07, 6.45) is 0. The van der Waals surface area contributed by atoms with Gasteiger partial charge in [-0.3, -0.25) is 4.90 Å². The molecule has 128 valence electrons. The van der Waals surface area contributed by atoms with Crippen LogP contribution in [0.5, 0.6) is 0 Å². The molecule has 0 saturated carbocycles. The molecule has 0 spiro atoms. The Morgan fingerprint density at radius 2 is 1.50 bits per heavy atom. The van der Waals surface area contributed by atoms with E-state index in [1.54, 1.807) is 4.91 Å². The summed E-state index contributed by atoms with van der Waals surface area (Å²) in [5.41, 5.74) is 0. The maximum atomic E-state index is 2.54. The van der Waals surface area contributed by atoms with Crippen LogP contribution in [-0.2, 0) is 0 Å². The molecule has 0 aromatic carbocycles. The average Bonchev–Trinajstić information content (AvgIpc) is 2.97. The highest BCUT2D eigenvalue weighted by Crippen LogP contribution is 2.82. The lowest BCUT2D eigenvalue weighted by molar-refractivity contribution is 0.156. The molecule has 0 aliphatic carbocycles. The second-order valence-electron chi connectivity index (χ2n) is 6.91. The second kappa shape index (κ2) is 6.66. The van der Waals surface area contributed by atoms with E-state index in [2.05, 4.69) is 108 Å². The predicted molar refractivity (Wildman–Crippen MR) is 110 cm³/mol. The molecule has 0 amide bonds. The van der Waals surface area contributed by atoms with E-state index in [0.717, 1.165) is 0 Å². The minimum absolute atomic E-state index is 0.0936. The molecular formula is C16H30N2S4. The molecule has 1 fully saturated rings. The lowest BCUT2D eigenvalue weighted by Gasteiger charge is -2.33. The van der Waals surface area contributed by atoms with Gasteiger partial charge in [0.05, 0.1) is 5.03 Å². The molecule has 2 unspecified atom stereocenters. The van der Waals surface area contributed by atoms with Crippen LogP contribution in [0.25, 0.3) is 0 Å². The van der Waals surface area contributed by atoms with Gasteiger partial charge in [-0.05, 0) is 14.1 Å². The Hall–Kier alpha value is 0.900. The Balaban J connectivity index is 2.48. The van der Waals surface area contributed by atoms with Gasteiger partial charge in [-0.1, -0.05) is 53.3 Å². The lowest BCUT2D eigenvalue weighted by Crippen LogP contribution is -2.46. The summed E-state index contributed by atoms with van der Waals surface area (Å²) >= 11 is 8.36. The zero-order chi connectivity index (χ0) is 16.9. The minimum Gasteiger partial charge on any atom is -0.339 e. The quantitative estimate of drug-likeness (QED) is 0.559. The fourth-order valence-corrected chi connectivity index (χ4v) is 10.1. The summed E-state index contributed by atoms with van der Waals surface area (Å²) in [6.45, 7) is 13.9. The molecule has 2 atom stereocenters. The number of hydrogen-bond donors (Lipinski definition) is 0. The minimum atomic E-state index is 0.0936. The van der Waals surface area contributed by atoms with E-state index in [4.69, 9.17) is 0 Å². The van der Waals surface area contributed by atoms with Crippen LogP contribution in [0.4, 0.5) is 0 Å². The van der Waals surface area contributed by atoms with Crippen molar-refractivity contribution in [3.8, 4) is 0 Å². The third kappa shape index (κ3) is 2.96. The van der Waals surface area contributed by atoms with E-state index in [1.807, 2.05) is 11.8 Å². The Morgan fingerprint density at radius 3 is 1.91 bits per heavy atom. The molecule has 1 saturated heterocycles. The normalized spacial score (nSPS) is 31.2. The van der Waals surface area contributed by atoms with Gasteiger partial charge in [0.1, 0.15) is 4.08 Å². The zero-order valence-electron chi connectivity index (χ0n) is 15.3. The van der Waals surface area contributed by atoms with Crippen molar-refractivity contribution >= 4 is 47.0 Å². The second-order valence-corrected chi connectivity index (χ2v) is 13.5. The van der Waals surface area contributed by atoms with Crippen molar-refractivity contribution in [2.45, 2.75) is 66.4 Å². The Kier molecular flexibility index (Phi) is 5.82. The van der Waals surface area contributed by atoms with Gasteiger partial charge >= 0.3 is 0 Å². The first-order valence-corrected chi connectivity index (χ1v) is 11.4. The van der Waals surface area contributed by atoms with Crippen molar-refractivity contribution in [1.82, 2.24) is 9.80 Å². The van der Waals surface area contributed by atoms with Gasteiger partial charge < -0.3 is 4.90 Å². The van der Waals surface area contributed by atoms with Crippen LogP contribution in [0, 0.1) is 0 Å². The summed E-state index contributed by atoms with van der Waals surface area (Å²) in [4.78, 5) is 6.65. The van der Waals surface area contributed by atoms with Crippen molar-refractivity contribution < 1.29 is 0 Å². The highest BCUT2D eigenvalue weighted by atomic mass is 32.2. The number of nitrogens with zero attached hydrogens (tertiary/aromatic N) is 2. The van der Waals surface area contributed by atoms with Crippen LogP contribution in [0.1, 0.15) is 41.5 Å². The molecule has 0 radical (unpaired) electrons. The fourth-order valence-electron chi connectivity index (χ4n) is 2.98. The fraction of sp³-hybridized carbons (Fsp3) is 0.875. The third-order valence-electron chi connectivity index (χ3n) is 3.63. The largest absolute Gasteiger partial charge is 0.339 e. The highest BCUT2D eigenvalue weighted by molar-refractivity contribution is 8.28. The lowest BCUT2D eigenvalue weighted by atomic mass is 10.3. The van der Waals surface area contributed by atoms with E-state index in [9.17, 15) is 0 Å². The van der Waals surface area contributed by atoms with Crippen LogP contribution >= 0.6 is 47.0 Å². The van der Waals surface area contributed by atoms with Crippen molar-refractivity contribution in [2.24, 2.45) is 0 Å². The van der Waals surface area contributed by atoms with Crippen molar-refractivity contribution in [2.75, 3.05) is 21.1 Å². The van der Waals surface area contributed by atoms with E-state index in [0.29, 0.717) is 15.7 Å². The Labute approximate surface area is 154 Å². The molecule has 0 bridgehead atoms. The zero-order valence-corrected chi connectivity index (χ0v) is 18.5. The van der Waals surface area contributed by atoms with Crippen LogP contribution in [0.2, 0.25) is 0 Å². The summed E-state index contributed by atoms with van der Waals surface area (Å²) < 4.78 is 0.186. The predicted octanol–water partition coefficient (Wildman–Crippen LogP) is 5.18. The SMILES string of the molecule is CC(C)SC1=C(SC(C)C)C2(SC(C)C)SC2(N(C)C)N1C. The van der Waals surface area contributed by atoms with E-state index >= 15 is 0 Å². The monoisotopic (exact) mass is 378 g/mol. The molecule has 2 heterocycles. The summed E-state index contributed by atoms with van der Waals surface area (Å²) in [5.74, 6) is 0. The van der Waals surface area contributed by atoms with Crippen LogP contribution in [-0.4, -0.2) is 55.8 Å². The van der Waals surface area contributed by atoms with E-state index < -0.39 is 0 Å². The molecule has 6 heteroatoms. The Morgan fingerprint density at radius 1 is 0.955 bits per heavy atom. The van der Waals surface area contributed by atoms with Gasteiger partial charge in [-0.15, -0.1) is 35.3 Å². The third-order valence-corrected chi connectivity index (χ3v) is 10.2. The van der Waals surface area contributed by atoms with E-state index in [-0.39, 0.29) is 9.07 Å². The molecule has 0 N–H and O–H groups in total. The van der Waals surface area contributed by atoms with Crippen molar-refractivity contribution in [3.63, 3.8) is 0 Å². The molecule has 2 aliphatic rings. The first kappa shape index (κ1) is 19.2. The Bertz CT molecular complexity index is 461. The van der Waals surface area contributed by atoms with Gasteiger partial charge in [0.25, 0.3) is 0 Å². The summed E-state index contributed by atoms with van der Waals surface area (Å²) in [6, 6.07) is 0. The number of hydrogen-bond acceptors (Lipinski definition) is 6. The van der Waals surface area contributed by atoms with Crippen molar-refractivity contribution in [1.29, 1.82) is 0 Å². The molecule has 2 aliphatic heterocycles. The van der Waals surface area contributed by atoms with Crippen LogP contribution < -0.4 is 0 Å². The van der Waals surface area contributed by atoms with Crippen molar-refractivity contribution in [3.05, 3.63) is 9.93 Å². The number of fused-ring (bicyclic) bond motifs is 1. The molecule has 2 rings (SSSR count). The van der Waals surface area contributed by atoms with Crippen LogP contribution in [0.15, 0.2) is 9.93 Å². The maximum absolute atomic E-state index is 2.54. The summed E-state index contributed by atoms with van der Waals surface area (Å²) in [7, 11) is 6.74. The van der Waals surface area contributed by atoms with Gasteiger partial charge in [-0.25, -0.2) is 0 Å². The first-order chi connectivity index (χ1) is 10.1. The smallest absolute Gasteiger partial charge is 0.173 e. The van der Waals surface area contributed by atoms with Gasteiger partial charge in [0, 0.05) is 27.7 Å². The molecule has 2 nitrogen and oxygen atoms in total. The van der Waals surface area contributed by atoms with Crippen LogP contribution in [0.3, 0.4) is 0 Å². The van der Waals surface area contributed by atoms with Gasteiger partial charge in [-0.2, -0.15) is 0 Å². The number of thioether (sulfide) groups is 4. The topological polar surface area (TPSA) is 6.48 Å². The summed E-state index contributed by atoms with van der Waals surface area (Å²) in [5, 5.41) is 3.36. The standard InChI is InChI=1S/C16H30N2S4/c1-10(2)19-13-14(20-11(3)4)18(9)16(17(7)8)15(13,22-16)21-12(5)6/h10-12H,1-9H3. The highest BCUT2D eigenvalue weighted by Gasteiger charge is 2.80.